The Hall–Kier alpha value is -1.20. The Kier molecular flexibility index (Phi) is 6.39. The van der Waals surface area contributed by atoms with Gasteiger partial charge in [-0.15, -0.1) is 0 Å². The van der Waals surface area contributed by atoms with Crippen molar-refractivity contribution < 1.29 is 9.13 Å². The van der Waals surface area contributed by atoms with Crippen molar-refractivity contribution >= 4 is 0 Å². The Labute approximate surface area is 126 Å². The number of hydrogen-bond acceptors (Lipinski definition) is 4. The molecule has 1 aliphatic heterocycles. The number of likely N-dealkylation sites (tertiary alicyclic amines) is 1. The van der Waals surface area contributed by atoms with Crippen LogP contribution in [0.25, 0.3) is 0 Å². The summed E-state index contributed by atoms with van der Waals surface area (Å²) in [5, 5.41) is 3.30. The Balaban J connectivity index is 1.84. The van der Waals surface area contributed by atoms with E-state index in [2.05, 4.69) is 29.0 Å². The van der Waals surface area contributed by atoms with Crippen molar-refractivity contribution in [1.82, 2.24) is 15.2 Å². The lowest BCUT2D eigenvalue weighted by Gasteiger charge is -2.16. The smallest absolute Gasteiger partial charge is 0.218 e. The second kappa shape index (κ2) is 8.29. The monoisotopic (exact) mass is 295 g/mol. The van der Waals surface area contributed by atoms with Crippen LogP contribution in [0.15, 0.2) is 12.3 Å². The van der Waals surface area contributed by atoms with E-state index in [-0.39, 0.29) is 5.82 Å². The standard InChI is InChI=1S/C16H26FN3O/c1-13(2)10-18-11-14-9-15(17)12-19-16(14)21-8-7-20-5-3-4-6-20/h9,12-13,18H,3-8,10-11H2,1-2H3. The van der Waals surface area contributed by atoms with Crippen LogP contribution in [-0.2, 0) is 6.54 Å². The van der Waals surface area contributed by atoms with Gasteiger partial charge in [-0.25, -0.2) is 9.37 Å². The van der Waals surface area contributed by atoms with Gasteiger partial charge in [0.25, 0.3) is 0 Å². The lowest BCUT2D eigenvalue weighted by molar-refractivity contribution is 0.229. The van der Waals surface area contributed by atoms with Gasteiger partial charge in [0.05, 0.1) is 6.20 Å². The molecule has 1 fully saturated rings. The van der Waals surface area contributed by atoms with Gasteiger partial charge in [0.2, 0.25) is 5.88 Å². The molecule has 118 valence electrons. The van der Waals surface area contributed by atoms with E-state index in [4.69, 9.17) is 4.74 Å². The second-order valence-electron chi connectivity index (χ2n) is 6.04. The van der Waals surface area contributed by atoms with Gasteiger partial charge in [0, 0.05) is 18.7 Å². The van der Waals surface area contributed by atoms with Crippen LogP contribution in [0.1, 0.15) is 32.3 Å². The molecule has 0 bridgehead atoms. The van der Waals surface area contributed by atoms with Crippen LogP contribution in [0, 0.1) is 11.7 Å². The van der Waals surface area contributed by atoms with E-state index >= 15 is 0 Å². The minimum Gasteiger partial charge on any atom is -0.476 e. The van der Waals surface area contributed by atoms with Gasteiger partial charge in [-0.3, -0.25) is 4.90 Å². The Morgan fingerprint density at radius 1 is 1.38 bits per heavy atom. The first kappa shape index (κ1) is 16.2. The predicted molar refractivity (Wildman–Crippen MR) is 81.9 cm³/mol. The minimum absolute atomic E-state index is 0.316. The first-order valence-corrected chi connectivity index (χ1v) is 7.85. The molecule has 2 heterocycles. The maximum absolute atomic E-state index is 13.3. The molecule has 2 rings (SSSR count). The number of nitrogens with zero attached hydrogens (tertiary/aromatic N) is 2. The van der Waals surface area contributed by atoms with Gasteiger partial charge in [-0.1, -0.05) is 13.8 Å². The molecule has 0 amide bonds. The summed E-state index contributed by atoms with van der Waals surface area (Å²) in [6.07, 6.45) is 3.77. The van der Waals surface area contributed by atoms with Crippen molar-refractivity contribution in [2.24, 2.45) is 5.92 Å². The largest absolute Gasteiger partial charge is 0.476 e. The number of halogens is 1. The zero-order valence-electron chi connectivity index (χ0n) is 13.1. The second-order valence-corrected chi connectivity index (χ2v) is 6.04. The first-order chi connectivity index (χ1) is 10.1. The molecular formula is C16H26FN3O. The van der Waals surface area contributed by atoms with E-state index in [0.717, 1.165) is 31.7 Å². The summed E-state index contributed by atoms with van der Waals surface area (Å²) in [4.78, 5) is 6.47. The lowest BCUT2D eigenvalue weighted by Crippen LogP contribution is -2.25. The highest BCUT2D eigenvalue weighted by molar-refractivity contribution is 5.26. The van der Waals surface area contributed by atoms with Crippen molar-refractivity contribution in [3.05, 3.63) is 23.6 Å². The van der Waals surface area contributed by atoms with Gasteiger partial charge in [0.1, 0.15) is 12.4 Å². The fourth-order valence-corrected chi connectivity index (χ4v) is 2.50. The topological polar surface area (TPSA) is 37.4 Å². The third-order valence-corrected chi connectivity index (χ3v) is 3.60. The van der Waals surface area contributed by atoms with Crippen LogP contribution in [-0.4, -0.2) is 42.7 Å². The molecular weight excluding hydrogens is 269 g/mol. The number of hydrogen-bond donors (Lipinski definition) is 1. The average Bonchev–Trinajstić information content (AvgIpc) is 2.94. The molecule has 0 aromatic carbocycles. The van der Waals surface area contributed by atoms with Gasteiger partial charge in [0.15, 0.2) is 0 Å². The Morgan fingerprint density at radius 2 is 2.14 bits per heavy atom. The van der Waals surface area contributed by atoms with E-state index in [1.165, 1.54) is 25.1 Å². The fourth-order valence-electron chi connectivity index (χ4n) is 2.50. The molecule has 1 saturated heterocycles. The molecule has 1 aromatic rings. The summed E-state index contributed by atoms with van der Waals surface area (Å²) in [6, 6.07) is 1.51. The summed E-state index contributed by atoms with van der Waals surface area (Å²) >= 11 is 0. The number of nitrogens with one attached hydrogen (secondary N) is 1. The first-order valence-electron chi connectivity index (χ1n) is 7.85. The molecule has 0 radical (unpaired) electrons. The van der Waals surface area contributed by atoms with E-state index in [1.807, 2.05) is 0 Å². The summed E-state index contributed by atoms with van der Waals surface area (Å²) < 4.78 is 19.1. The third kappa shape index (κ3) is 5.59. The van der Waals surface area contributed by atoms with Crippen molar-refractivity contribution in [2.45, 2.75) is 33.2 Å². The highest BCUT2D eigenvalue weighted by atomic mass is 19.1. The number of aromatic nitrogens is 1. The van der Waals surface area contributed by atoms with Crippen LogP contribution >= 0.6 is 0 Å². The lowest BCUT2D eigenvalue weighted by atomic mass is 10.2. The maximum Gasteiger partial charge on any atom is 0.218 e. The zero-order chi connectivity index (χ0) is 15.1. The number of pyridine rings is 1. The molecule has 0 atom stereocenters. The van der Waals surface area contributed by atoms with Crippen LogP contribution in [0.4, 0.5) is 4.39 Å². The molecule has 0 saturated carbocycles. The van der Waals surface area contributed by atoms with Gasteiger partial charge in [-0.05, 0) is 44.5 Å². The normalized spacial score (nSPS) is 15.8. The van der Waals surface area contributed by atoms with Crippen LogP contribution < -0.4 is 10.1 Å². The molecule has 4 nitrogen and oxygen atoms in total. The average molecular weight is 295 g/mol. The van der Waals surface area contributed by atoms with E-state index in [0.29, 0.717) is 24.9 Å². The number of ether oxygens (including phenoxy) is 1. The molecule has 1 aromatic heterocycles. The molecule has 21 heavy (non-hydrogen) atoms. The van der Waals surface area contributed by atoms with Gasteiger partial charge >= 0.3 is 0 Å². The Morgan fingerprint density at radius 3 is 2.86 bits per heavy atom. The molecule has 5 heteroatoms. The number of rotatable bonds is 8. The highest BCUT2D eigenvalue weighted by Gasteiger charge is 2.12. The summed E-state index contributed by atoms with van der Waals surface area (Å²) in [7, 11) is 0. The predicted octanol–water partition coefficient (Wildman–Crippen LogP) is 2.44. The molecule has 1 N–H and O–H groups in total. The zero-order valence-corrected chi connectivity index (χ0v) is 13.1. The maximum atomic E-state index is 13.3. The van der Waals surface area contributed by atoms with Crippen molar-refractivity contribution in [2.75, 3.05) is 32.8 Å². The summed E-state index contributed by atoms with van der Waals surface area (Å²) in [5.41, 5.74) is 0.789. The van der Waals surface area contributed by atoms with Crippen molar-refractivity contribution in [3.8, 4) is 5.88 Å². The third-order valence-electron chi connectivity index (χ3n) is 3.60. The Bertz CT molecular complexity index is 434. The van der Waals surface area contributed by atoms with E-state index in [1.54, 1.807) is 0 Å². The summed E-state index contributed by atoms with van der Waals surface area (Å²) in [6.45, 7) is 9.60. The van der Waals surface area contributed by atoms with Crippen molar-refractivity contribution in [1.29, 1.82) is 0 Å². The van der Waals surface area contributed by atoms with Gasteiger partial charge < -0.3 is 10.1 Å². The quantitative estimate of drug-likeness (QED) is 0.799. The fraction of sp³-hybridized carbons (Fsp3) is 0.688. The highest BCUT2D eigenvalue weighted by Crippen LogP contribution is 2.16. The van der Waals surface area contributed by atoms with Crippen LogP contribution in [0.5, 0.6) is 5.88 Å². The van der Waals surface area contributed by atoms with E-state index in [9.17, 15) is 4.39 Å². The van der Waals surface area contributed by atoms with Crippen molar-refractivity contribution in [3.63, 3.8) is 0 Å². The molecule has 0 spiro atoms. The van der Waals surface area contributed by atoms with Crippen LogP contribution in [0.2, 0.25) is 0 Å². The molecule has 0 unspecified atom stereocenters. The summed E-state index contributed by atoms with van der Waals surface area (Å²) in [5.74, 6) is 0.793. The van der Waals surface area contributed by atoms with Gasteiger partial charge in [-0.2, -0.15) is 0 Å². The minimum atomic E-state index is -0.316. The molecule has 0 aliphatic carbocycles. The van der Waals surface area contributed by atoms with Crippen LogP contribution in [0.3, 0.4) is 0 Å². The molecule has 1 aliphatic rings. The van der Waals surface area contributed by atoms with E-state index < -0.39 is 0 Å². The SMILES string of the molecule is CC(C)CNCc1cc(F)cnc1OCCN1CCCC1.